The van der Waals surface area contributed by atoms with Crippen LogP contribution < -0.4 is 5.32 Å². The maximum absolute atomic E-state index is 10.1. The predicted octanol–water partition coefficient (Wildman–Crippen LogP) is 4.39. The number of aryl methyl sites for hydroxylation is 2. The number of thiocarbonyl (C=S) groups is 1. The number of aromatic hydroxyl groups is 1. The molecule has 1 unspecified atom stereocenters. The first kappa shape index (κ1) is 18.7. The minimum atomic E-state index is 0.181. The topological polar surface area (TPSA) is 44.7 Å². The van der Waals surface area contributed by atoms with E-state index in [1.165, 1.54) is 11.1 Å². The fourth-order valence-corrected chi connectivity index (χ4v) is 3.38. The number of ether oxygens (including phenoxy) is 1. The number of phenolic OH excluding ortho intramolecular Hbond substituents is 1. The summed E-state index contributed by atoms with van der Waals surface area (Å²) in [5, 5.41) is 14.1. The monoisotopic (exact) mass is 370 g/mol. The number of hydrogen-bond donors (Lipinski definition) is 2. The van der Waals surface area contributed by atoms with E-state index in [1.807, 2.05) is 24.3 Å². The molecule has 1 fully saturated rings. The van der Waals surface area contributed by atoms with Gasteiger partial charge < -0.3 is 20.1 Å². The molecule has 1 atom stereocenters. The molecule has 1 aliphatic rings. The highest BCUT2D eigenvalue weighted by Crippen LogP contribution is 2.22. The number of para-hydroxylation sites is 1. The summed E-state index contributed by atoms with van der Waals surface area (Å²) in [6.07, 6.45) is 2.32. The lowest BCUT2D eigenvalue weighted by molar-refractivity contribution is 0.0904. The number of benzene rings is 2. The van der Waals surface area contributed by atoms with Crippen molar-refractivity contribution in [2.75, 3.05) is 18.5 Å². The van der Waals surface area contributed by atoms with Gasteiger partial charge in [0.1, 0.15) is 5.75 Å². The van der Waals surface area contributed by atoms with Gasteiger partial charge in [0.05, 0.1) is 6.10 Å². The summed E-state index contributed by atoms with van der Waals surface area (Å²) in [5.74, 6) is 0.291. The molecule has 1 heterocycles. The molecule has 0 amide bonds. The zero-order chi connectivity index (χ0) is 18.5. The molecule has 26 heavy (non-hydrogen) atoms. The Morgan fingerprint density at radius 3 is 2.73 bits per heavy atom. The van der Waals surface area contributed by atoms with Crippen LogP contribution in [0.2, 0.25) is 0 Å². The van der Waals surface area contributed by atoms with E-state index < -0.39 is 0 Å². The van der Waals surface area contributed by atoms with Gasteiger partial charge in [0.25, 0.3) is 0 Å². The number of hydrogen-bond acceptors (Lipinski definition) is 3. The van der Waals surface area contributed by atoms with Crippen LogP contribution in [0.5, 0.6) is 5.75 Å². The van der Waals surface area contributed by atoms with Crippen molar-refractivity contribution >= 4 is 23.0 Å². The van der Waals surface area contributed by atoms with Crippen molar-refractivity contribution in [2.24, 2.45) is 0 Å². The Labute approximate surface area is 160 Å². The van der Waals surface area contributed by atoms with Crippen molar-refractivity contribution in [1.82, 2.24) is 4.90 Å². The maximum Gasteiger partial charge on any atom is 0.173 e. The maximum atomic E-state index is 10.1. The van der Waals surface area contributed by atoms with Crippen molar-refractivity contribution in [3.8, 4) is 5.75 Å². The normalized spacial score (nSPS) is 16.5. The third-order valence-electron chi connectivity index (χ3n) is 4.85. The lowest BCUT2D eigenvalue weighted by atomic mass is 10.1. The molecule has 138 valence electrons. The highest BCUT2D eigenvalue weighted by atomic mass is 32.1. The van der Waals surface area contributed by atoms with Gasteiger partial charge in [-0.2, -0.15) is 0 Å². The smallest absolute Gasteiger partial charge is 0.173 e. The van der Waals surface area contributed by atoms with Crippen LogP contribution in [0, 0.1) is 13.8 Å². The molecule has 0 radical (unpaired) electrons. The van der Waals surface area contributed by atoms with Gasteiger partial charge in [-0.15, -0.1) is 0 Å². The summed E-state index contributed by atoms with van der Waals surface area (Å²) in [4.78, 5) is 2.08. The Morgan fingerprint density at radius 2 is 2.04 bits per heavy atom. The highest BCUT2D eigenvalue weighted by Gasteiger charge is 2.22. The van der Waals surface area contributed by atoms with E-state index in [0.717, 1.165) is 30.7 Å². The summed E-state index contributed by atoms with van der Waals surface area (Å²) < 4.78 is 5.80. The average molecular weight is 371 g/mol. The molecule has 2 N–H and O–H groups in total. The van der Waals surface area contributed by atoms with Crippen molar-refractivity contribution in [2.45, 2.75) is 39.3 Å². The summed E-state index contributed by atoms with van der Waals surface area (Å²) >= 11 is 5.69. The van der Waals surface area contributed by atoms with Crippen LogP contribution in [-0.4, -0.2) is 34.4 Å². The first-order chi connectivity index (χ1) is 12.5. The minimum Gasteiger partial charge on any atom is -0.508 e. The third-order valence-corrected chi connectivity index (χ3v) is 5.21. The van der Waals surface area contributed by atoms with Gasteiger partial charge in [-0.05, 0) is 68.2 Å². The summed E-state index contributed by atoms with van der Waals surface area (Å²) in [6.45, 7) is 6.26. The van der Waals surface area contributed by atoms with Crippen LogP contribution in [0.4, 0.5) is 5.69 Å². The second-order valence-electron chi connectivity index (χ2n) is 6.87. The molecular weight excluding hydrogens is 344 g/mol. The SMILES string of the molecule is Cc1ccc(NC(=S)N(Cc2ccccc2O)CC2CCCO2)cc1C. The zero-order valence-corrected chi connectivity index (χ0v) is 16.2. The molecule has 1 aliphatic heterocycles. The zero-order valence-electron chi connectivity index (χ0n) is 15.4. The summed E-state index contributed by atoms with van der Waals surface area (Å²) in [7, 11) is 0. The minimum absolute atomic E-state index is 0.181. The second kappa shape index (κ2) is 8.52. The first-order valence-corrected chi connectivity index (χ1v) is 9.45. The van der Waals surface area contributed by atoms with E-state index in [2.05, 4.69) is 36.2 Å². The van der Waals surface area contributed by atoms with E-state index in [-0.39, 0.29) is 6.10 Å². The number of rotatable bonds is 5. The van der Waals surface area contributed by atoms with Gasteiger partial charge in [0.15, 0.2) is 5.11 Å². The van der Waals surface area contributed by atoms with Crippen LogP contribution in [0.3, 0.4) is 0 Å². The van der Waals surface area contributed by atoms with Crippen LogP contribution in [0.1, 0.15) is 29.5 Å². The Morgan fingerprint density at radius 1 is 1.23 bits per heavy atom. The number of phenols is 1. The Bertz CT molecular complexity index is 772. The third kappa shape index (κ3) is 4.74. The van der Waals surface area contributed by atoms with Crippen LogP contribution in [0.25, 0.3) is 0 Å². The van der Waals surface area contributed by atoms with Crippen molar-refractivity contribution in [3.63, 3.8) is 0 Å². The van der Waals surface area contributed by atoms with Crippen LogP contribution in [-0.2, 0) is 11.3 Å². The van der Waals surface area contributed by atoms with Crippen LogP contribution in [0.15, 0.2) is 42.5 Å². The van der Waals surface area contributed by atoms with E-state index in [0.29, 0.717) is 24.0 Å². The Hall–Kier alpha value is -2.11. The van der Waals surface area contributed by atoms with Gasteiger partial charge in [0, 0.05) is 30.9 Å². The molecule has 3 rings (SSSR count). The molecule has 1 saturated heterocycles. The van der Waals surface area contributed by atoms with E-state index in [1.54, 1.807) is 6.07 Å². The highest BCUT2D eigenvalue weighted by molar-refractivity contribution is 7.80. The Balaban J connectivity index is 1.75. The fourth-order valence-electron chi connectivity index (χ4n) is 3.13. The predicted molar refractivity (Wildman–Crippen MR) is 110 cm³/mol. The lowest BCUT2D eigenvalue weighted by Crippen LogP contribution is -2.39. The molecule has 4 nitrogen and oxygen atoms in total. The fraction of sp³-hybridized carbons (Fsp3) is 0.381. The molecule has 0 saturated carbocycles. The first-order valence-electron chi connectivity index (χ1n) is 9.04. The standard InChI is InChI=1S/C21H26N2O2S/c1-15-9-10-18(12-16(15)2)22-21(26)23(14-19-7-5-11-25-19)13-17-6-3-4-8-20(17)24/h3-4,6,8-10,12,19,24H,5,7,11,13-14H2,1-2H3,(H,22,26). The number of anilines is 1. The van der Waals surface area contributed by atoms with Gasteiger partial charge in [0.2, 0.25) is 0 Å². The average Bonchev–Trinajstić information content (AvgIpc) is 3.12. The molecule has 0 bridgehead atoms. The van der Waals surface area contributed by atoms with E-state index >= 15 is 0 Å². The van der Waals surface area contributed by atoms with Gasteiger partial charge in [-0.1, -0.05) is 24.3 Å². The van der Waals surface area contributed by atoms with Crippen molar-refractivity contribution < 1.29 is 9.84 Å². The molecule has 5 heteroatoms. The molecular formula is C21H26N2O2S. The van der Waals surface area contributed by atoms with Crippen molar-refractivity contribution in [1.29, 1.82) is 0 Å². The lowest BCUT2D eigenvalue weighted by Gasteiger charge is -2.28. The molecule has 0 aliphatic carbocycles. The quantitative estimate of drug-likeness (QED) is 0.765. The number of nitrogens with one attached hydrogen (secondary N) is 1. The van der Waals surface area contributed by atoms with Crippen molar-refractivity contribution in [3.05, 3.63) is 59.2 Å². The van der Waals surface area contributed by atoms with E-state index in [9.17, 15) is 5.11 Å². The van der Waals surface area contributed by atoms with Gasteiger partial charge in [-0.3, -0.25) is 0 Å². The van der Waals surface area contributed by atoms with E-state index in [4.69, 9.17) is 17.0 Å². The molecule has 2 aromatic carbocycles. The largest absolute Gasteiger partial charge is 0.508 e. The molecule has 2 aromatic rings. The molecule has 0 aromatic heterocycles. The van der Waals surface area contributed by atoms with Gasteiger partial charge in [-0.25, -0.2) is 0 Å². The summed E-state index contributed by atoms with van der Waals surface area (Å²) in [5.41, 5.74) is 4.32. The van der Waals surface area contributed by atoms with Gasteiger partial charge >= 0.3 is 0 Å². The second-order valence-corrected chi connectivity index (χ2v) is 7.26. The number of nitrogens with zero attached hydrogens (tertiary/aromatic N) is 1. The van der Waals surface area contributed by atoms with Crippen LogP contribution >= 0.6 is 12.2 Å². The molecule has 0 spiro atoms. The Kier molecular flexibility index (Phi) is 6.12. The summed E-state index contributed by atoms with van der Waals surface area (Å²) in [6, 6.07) is 13.6.